The van der Waals surface area contributed by atoms with Crippen molar-refractivity contribution in [3.05, 3.63) is 65.5 Å². The number of amides is 1. The molecular formula is C22H20N2O2S2. The van der Waals surface area contributed by atoms with Crippen molar-refractivity contribution in [3.8, 4) is 15.6 Å². The number of hydrogen-bond acceptors (Lipinski definition) is 5. The summed E-state index contributed by atoms with van der Waals surface area (Å²) in [4.78, 5) is 18.9. The van der Waals surface area contributed by atoms with Gasteiger partial charge in [-0.05, 0) is 55.0 Å². The van der Waals surface area contributed by atoms with Gasteiger partial charge in [-0.3, -0.25) is 4.79 Å². The van der Waals surface area contributed by atoms with Crippen molar-refractivity contribution in [2.75, 3.05) is 11.9 Å². The Kier molecular flexibility index (Phi) is 5.69. The third-order valence-corrected chi connectivity index (χ3v) is 6.50. The van der Waals surface area contributed by atoms with E-state index >= 15 is 0 Å². The maximum absolute atomic E-state index is 12.6. The third kappa shape index (κ3) is 4.24. The summed E-state index contributed by atoms with van der Waals surface area (Å²) in [5.74, 6) is 0.706. The highest BCUT2D eigenvalue weighted by atomic mass is 32.1. The standard InChI is InChI=1S/C22H20N2O2S2/c1-2-3-14-26-16-10-8-15(9-11-16)23-21(25)19-12-13-20(27-19)22-24-17-6-4-5-7-18(17)28-22/h4-13H,2-3,14H2,1H3,(H,23,25). The first kappa shape index (κ1) is 18.7. The molecule has 0 atom stereocenters. The molecule has 2 aromatic carbocycles. The Morgan fingerprint density at radius 3 is 2.64 bits per heavy atom. The predicted molar refractivity (Wildman–Crippen MR) is 118 cm³/mol. The number of benzene rings is 2. The van der Waals surface area contributed by atoms with Crippen LogP contribution in [0.4, 0.5) is 5.69 Å². The summed E-state index contributed by atoms with van der Waals surface area (Å²) in [5, 5.41) is 3.89. The number of fused-ring (bicyclic) bond motifs is 1. The molecule has 0 aliphatic carbocycles. The van der Waals surface area contributed by atoms with E-state index in [-0.39, 0.29) is 5.91 Å². The van der Waals surface area contributed by atoms with Crippen LogP contribution in [-0.2, 0) is 0 Å². The predicted octanol–water partition coefficient (Wildman–Crippen LogP) is 6.46. The maximum atomic E-state index is 12.6. The minimum atomic E-state index is -0.114. The first-order valence-electron chi connectivity index (χ1n) is 9.23. The van der Waals surface area contributed by atoms with Gasteiger partial charge in [-0.2, -0.15) is 0 Å². The molecule has 0 bridgehead atoms. The second kappa shape index (κ2) is 8.54. The number of carbonyl (C=O) groups is 1. The lowest BCUT2D eigenvalue weighted by molar-refractivity contribution is 0.103. The van der Waals surface area contributed by atoms with E-state index in [2.05, 4.69) is 23.3 Å². The molecule has 142 valence electrons. The number of rotatable bonds is 7. The molecule has 4 rings (SSSR count). The van der Waals surface area contributed by atoms with Crippen molar-refractivity contribution in [2.24, 2.45) is 0 Å². The highest BCUT2D eigenvalue weighted by molar-refractivity contribution is 7.26. The molecule has 2 aromatic heterocycles. The highest BCUT2D eigenvalue weighted by Gasteiger charge is 2.13. The molecule has 0 unspecified atom stereocenters. The average molecular weight is 409 g/mol. The van der Waals surface area contributed by atoms with Crippen LogP contribution in [0.1, 0.15) is 29.4 Å². The molecule has 0 saturated heterocycles. The number of thiophene rings is 1. The van der Waals surface area contributed by atoms with Crippen LogP contribution in [0, 0.1) is 0 Å². The van der Waals surface area contributed by atoms with Crippen LogP contribution in [0.25, 0.3) is 20.1 Å². The second-order valence-corrected chi connectivity index (χ2v) is 8.45. The molecular weight excluding hydrogens is 388 g/mol. The van der Waals surface area contributed by atoms with Gasteiger partial charge in [0.15, 0.2) is 0 Å². The fraction of sp³-hybridized carbons (Fsp3) is 0.182. The number of carbonyl (C=O) groups excluding carboxylic acids is 1. The Hall–Kier alpha value is -2.70. The molecule has 6 heteroatoms. The van der Waals surface area contributed by atoms with Crippen molar-refractivity contribution in [3.63, 3.8) is 0 Å². The van der Waals surface area contributed by atoms with Crippen molar-refractivity contribution in [1.29, 1.82) is 0 Å². The van der Waals surface area contributed by atoms with E-state index in [1.165, 1.54) is 11.3 Å². The Morgan fingerprint density at radius 1 is 1.04 bits per heavy atom. The van der Waals surface area contributed by atoms with E-state index in [0.29, 0.717) is 11.5 Å². The monoisotopic (exact) mass is 408 g/mol. The van der Waals surface area contributed by atoms with E-state index in [4.69, 9.17) is 4.74 Å². The number of hydrogen-bond donors (Lipinski definition) is 1. The number of para-hydroxylation sites is 1. The fourth-order valence-electron chi connectivity index (χ4n) is 2.71. The smallest absolute Gasteiger partial charge is 0.265 e. The van der Waals surface area contributed by atoms with Gasteiger partial charge in [0, 0.05) is 5.69 Å². The van der Waals surface area contributed by atoms with Gasteiger partial charge in [-0.15, -0.1) is 22.7 Å². The zero-order chi connectivity index (χ0) is 19.3. The second-order valence-electron chi connectivity index (χ2n) is 6.33. The fourth-order valence-corrected chi connectivity index (χ4v) is 4.64. The van der Waals surface area contributed by atoms with E-state index in [1.54, 1.807) is 11.3 Å². The summed E-state index contributed by atoms with van der Waals surface area (Å²) in [5.41, 5.74) is 1.74. The Balaban J connectivity index is 1.43. The SMILES string of the molecule is CCCCOc1ccc(NC(=O)c2ccc(-c3nc4ccccc4s3)s2)cc1. The van der Waals surface area contributed by atoms with Crippen molar-refractivity contribution in [1.82, 2.24) is 4.98 Å². The molecule has 1 amide bonds. The number of anilines is 1. The molecule has 28 heavy (non-hydrogen) atoms. The Bertz CT molecular complexity index is 1050. The van der Waals surface area contributed by atoms with Crippen molar-refractivity contribution < 1.29 is 9.53 Å². The van der Waals surface area contributed by atoms with E-state index < -0.39 is 0 Å². The number of aromatic nitrogens is 1. The van der Waals surface area contributed by atoms with Gasteiger partial charge in [0.05, 0.1) is 26.6 Å². The minimum Gasteiger partial charge on any atom is -0.494 e. The third-order valence-electron chi connectivity index (χ3n) is 4.21. The van der Waals surface area contributed by atoms with E-state index in [0.717, 1.165) is 44.4 Å². The molecule has 0 spiro atoms. The normalized spacial score (nSPS) is 10.9. The minimum absolute atomic E-state index is 0.114. The van der Waals surface area contributed by atoms with Gasteiger partial charge in [0.1, 0.15) is 10.8 Å². The number of nitrogens with one attached hydrogen (secondary N) is 1. The summed E-state index contributed by atoms with van der Waals surface area (Å²) in [6.45, 7) is 2.85. The number of nitrogens with zero attached hydrogens (tertiary/aromatic N) is 1. The molecule has 0 fully saturated rings. The lowest BCUT2D eigenvalue weighted by Gasteiger charge is -2.07. The quantitative estimate of drug-likeness (QED) is 0.357. The number of thiazole rings is 1. The first-order chi connectivity index (χ1) is 13.7. The number of unbranched alkanes of at least 4 members (excludes halogenated alkanes) is 1. The molecule has 0 saturated carbocycles. The van der Waals surface area contributed by atoms with Gasteiger partial charge < -0.3 is 10.1 Å². The first-order valence-corrected chi connectivity index (χ1v) is 10.9. The lowest BCUT2D eigenvalue weighted by atomic mass is 10.3. The maximum Gasteiger partial charge on any atom is 0.265 e. The van der Waals surface area contributed by atoms with Crippen LogP contribution in [0.5, 0.6) is 5.75 Å². The molecule has 4 aromatic rings. The van der Waals surface area contributed by atoms with E-state index in [9.17, 15) is 4.79 Å². The van der Waals surface area contributed by atoms with Gasteiger partial charge in [-0.1, -0.05) is 25.5 Å². The lowest BCUT2D eigenvalue weighted by Crippen LogP contribution is -2.09. The van der Waals surface area contributed by atoms with Crippen LogP contribution in [0.15, 0.2) is 60.7 Å². The van der Waals surface area contributed by atoms with Crippen LogP contribution in [0.3, 0.4) is 0 Å². The largest absolute Gasteiger partial charge is 0.494 e. The average Bonchev–Trinajstić information content (AvgIpc) is 3.36. The van der Waals surface area contributed by atoms with Crippen molar-refractivity contribution >= 4 is 44.5 Å². The topological polar surface area (TPSA) is 51.2 Å². The van der Waals surface area contributed by atoms with Crippen molar-refractivity contribution in [2.45, 2.75) is 19.8 Å². The van der Waals surface area contributed by atoms with E-state index in [1.807, 2.05) is 54.6 Å². The summed E-state index contributed by atoms with van der Waals surface area (Å²) in [6.07, 6.45) is 2.14. The Morgan fingerprint density at radius 2 is 1.86 bits per heavy atom. The molecule has 0 aliphatic rings. The highest BCUT2D eigenvalue weighted by Crippen LogP contribution is 2.34. The molecule has 4 nitrogen and oxygen atoms in total. The molecule has 0 aliphatic heterocycles. The zero-order valence-corrected chi connectivity index (χ0v) is 17.1. The summed E-state index contributed by atoms with van der Waals surface area (Å²) in [6, 6.07) is 19.4. The van der Waals surface area contributed by atoms with Gasteiger partial charge in [-0.25, -0.2) is 4.98 Å². The summed E-state index contributed by atoms with van der Waals surface area (Å²) < 4.78 is 6.80. The number of ether oxygens (including phenoxy) is 1. The van der Waals surface area contributed by atoms with Gasteiger partial charge >= 0.3 is 0 Å². The molecule has 2 heterocycles. The van der Waals surface area contributed by atoms with Gasteiger partial charge in [0.2, 0.25) is 0 Å². The molecule has 0 radical (unpaired) electrons. The molecule has 1 N–H and O–H groups in total. The van der Waals surface area contributed by atoms with Crippen LogP contribution < -0.4 is 10.1 Å². The zero-order valence-electron chi connectivity index (χ0n) is 15.5. The van der Waals surface area contributed by atoms with Crippen LogP contribution in [-0.4, -0.2) is 17.5 Å². The van der Waals surface area contributed by atoms with Crippen LogP contribution >= 0.6 is 22.7 Å². The summed E-state index contributed by atoms with van der Waals surface area (Å²) in [7, 11) is 0. The van der Waals surface area contributed by atoms with Crippen LogP contribution in [0.2, 0.25) is 0 Å². The Labute approximate surface area is 171 Å². The van der Waals surface area contributed by atoms with Gasteiger partial charge in [0.25, 0.3) is 5.91 Å². The summed E-state index contributed by atoms with van der Waals surface area (Å²) >= 11 is 3.10.